The Balaban J connectivity index is 3.37. The molecule has 0 amide bonds. The molecule has 0 aromatic carbocycles. The zero-order valence-corrected chi connectivity index (χ0v) is 19.8. The lowest BCUT2D eigenvalue weighted by molar-refractivity contribution is -0.141. The Morgan fingerprint density at radius 1 is 0.552 bits per heavy atom. The summed E-state index contributed by atoms with van der Waals surface area (Å²) in [5.74, 6) is 1.14. The maximum absolute atomic E-state index is 11.3. The summed E-state index contributed by atoms with van der Waals surface area (Å²) >= 11 is 0. The molecular weight excluding hydrogens is 364 g/mol. The molecule has 29 heavy (non-hydrogen) atoms. The van der Waals surface area contributed by atoms with Crippen LogP contribution in [0.5, 0.6) is 0 Å². The standard InChI is InChI=1S/C25H48O4/c1-22(2)23(20-21-25(27)29-4)18-16-14-12-10-8-6-5-7-9-11-13-15-17-19-24(26)28-3/h22-23H,5-21H2,1-4H3. The predicted octanol–water partition coefficient (Wildman–Crippen LogP) is 7.24. The summed E-state index contributed by atoms with van der Waals surface area (Å²) in [6, 6.07) is 0. The molecule has 0 saturated carbocycles. The summed E-state index contributed by atoms with van der Waals surface area (Å²) in [6.07, 6.45) is 20.1. The Bertz CT molecular complexity index is 392. The largest absolute Gasteiger partial charge is 0.469 e. The fourth-order valence-corrected chi connectivity index (χ4v) is 3.94. The van der Waals surface area contributed by atoms with Gasteiger partial charge in [-0.1, -0.05) is 97.3 Å². The number of ether oxygens (including phenoxy) is 2. The highest BCUT2D eigenvalue weighted by Crippen LogP contribution is 2.24. The lowest BCUT2D eigenvalue weighted by atomic mass is 9.86. The first-order valence-corrected chi connectivity index (χ1v) is 12.1. The highest BCUT2D eigenvalue weighted by Gasteiger charge is 2.15. The summed E-state index contributed by atoms with van der Waals surface area (Å²) in [7, 11) is 2.93. The topological polar surface area (TPSA) is 52.6 Å². The van der Waals surface area contributed by atoms with Gasteiger partial charge in [0.15, 0.2) is 0 Å². The molecule has 0 bridgehead atoms. The van der Waals surface area contributed by atoms with Crippen LogP contribution in [0, 0.1) is 11.8 Å². The maximum Gasteiger partial charge on any atom is 0.305 e. The Kier molecular flexibility index (Phi) is 19.5. The van der Waals surface area contributed by atoms with Crippen LogP contribution in [0.3, 0.4) is 0 Å². The van der Waals surface area contributed by atoms with E-state index in [2.05, 4.69) is 18.6 Å². The highest BCUT2D eigenvalue weighted by molar-refractivity contribution is 5.69. The number of unbranched alkanes of at least 4 members (excludes halogenated alkanes) is 12. The van der Waals surface area contributed by atoms with Crippen LogP contribution in [0.25, 0.3) is 0 Å². The van der Waals surface area contributed by atoms with Gasteiger partial charge in [-0.15, -0.1) is 0 Å². The summed E-state index contributed by atoms with van der Waals surface area (Å²) < 4.78 is 9.42. The number of methoxy groups -OCH3 is 2. The van der Waals surface area contributed by atoms with Crippen LogP contribution >= 0.6 is 0 Å². The van der Waals surface area contributed by atoms with E-state index in [4.69, 9.17) is 4.74 Å². The van der Waals surface area contributed by atoms with E-state index >= 15 is 0 Å². The van der Waals surface area contributed by atoms with Crippen molar-refractivity contribution in [3.63, 3.8) is 0 Å². The zero-order valence-electron chi connectivity index (χ0n) is 19.8. The molecule has 1 atom stereocenters. The van der Waals surface area contributed by atoms with E-state index < -0.39 is 0 Å². The van der Waals surface area contributed by atoms with Crippen molar-refractivity contribution in [1.82, 2.24) is 0 Å². The average molecular weight is 413 g/mol. The Labute approximate surface area is 180 Å². The van der Waals surface area contributed by atoms with Crippen molar-refractivity contribution in [2.24, 2.45) is 11.8 Å². The third kappa shape index (κ3) is 18.7. The number of hydrogen-bond donors (Lipinski definition) is 0. The molecule has 0 aliphatic rings. The molecule has 0 aromatic heterocycles. The molecule has 0 aliphatic heterocycles. The number of hydrogen-bond acceptors (Lipinski definition) is 4. The first kappa shape index (κ1) is 27.9. The maximum atomic E-state index is 11.3. The minimum Gasteiger partial charge on any atom is -0.469 e. The van der Waals surface area contributed by atoms with Crippen molar-refractivity contribution in [2.75, 3.05) is 14.2 Å². The monoisotopic (exact) mass is 412 g/mol. The number of carbonyl (C=O) groups is 2. The van der Waals surface area contributed by atoms with Gasteiger partial charge in [0.2, 0.25) is 0 Å². The third-order valence-corrected chi connectivity index (χ3v) is 6.07. The second-order valence-corrected chi connectivity index (χ2v) is 8.83. The van der Waals surface area contributed by atoms with Crippen molar-refractivity contribution in [1.29, 1.82) is 0 Å². The van der Waals surface area contributed by atoms with Crippen molar-refractivity contribution >= 4 is 11.9 Å². The predicted molar refractivity (Wildman–Crippen MR) is 121 cm³/mol. The highest BCUT2D eigenvalue weighted by atomic mass is 16.5. The molecule has 0 N–H and O–H groups in total. The van der Waals surface area contributed by atoms with Gasteiger partial charge in [0.05, 0.1) is 14.2 Å². The molecule has 4 nitrogen and oxygen atoms in total. The molecule has 0 spiro atoms. The van der Waals surface area contributed by atoms with E-state index in [1.807, 2.05) is 0 Å². The molecule has 0 aromatic rings. The lowest BCUT2D eigenvalue weighted by Gasteiger charge is -2.20. The van der Waals surface area contributed by atoms with Crippen LogP contribution in [-0.2, 0) is 19.1 Å². The first-order chi connectivity index (χ1) is 14.0. The van der Waals surface area contributed by atoms with E-state index in [1.165, 1.54) is 91.3 Å². The molecule has 0 radical (unpaired) electrons. The second kappa shape index (κ2) is 20.2. The number of esters is 2. The lowest BCUT2D eigenvalue weighted by Crippen LogP contribution is -2.12. The SMILES string of the molecule is COC(=O)CCCCCCCCCCCCCCCC(CCC(=O)OC)C(C)C. The van der Waals surface area contributed by atoms with Gasteiger partial charge < -0.3 is 9.47 Å². The van der Waals surface area contributed by atoms with E-state index in [9.17, 15) is 9.59 Å². The summed E-state index contributed by atoms with van der Waals surface area (Å²) in [5.41, 5.74) is 0. The van der Waals surface area contributed by atoms with Gasteiger partial charge in [0.25, 0.3) is 0 Å². The molecule has 4 heteroatoms. The van der Waals surface area contributed by atoms with Gasteiger partial charge in [-0.3, -0.25) is 9.59 Å². The van der Waals surface area contributed by atoms with Crippen molar-refractivity contribution in [2.45, 2.75) is 123 Å². The van der Waals surface area contributed by atoms with Crippen molar-refractivity contribution in [3.05, 3.63) is 0 Å². The van der Waals surface area contributed by atoms with Crippen LogP contribution in [0.1, 0.15) is 123 Å². The van der Waals surface area contributed by atoms with Crippen molar-refractivity contribution < 1.29 is 19.1 Å². The van der Waals surface area contributed by atoms with Crippen LogP contribution < -0.4 is 0 Å². The normalized spacial score (nSPS) is 12.2. The summed E-state index contributed by atoms with van der Waals surface area (Å²) in [5, 5.41) is 0. The van der Waals surface area contributed by atoms with Crippen LogP contribution in [-0.4, -0.2) is 26.2 Å². The van der Waals surface area contributed by atoms with Gasteiger partial charge in [-0.05, 0) is 24.7 Å². The number of rotatable bonds is 20. The minimum absolute atomic E-state index is 0.0748. The molecule has 0 saturated heterocycles. The number of carbonyl (C=O) groups excluding carboxylic acids is 2. The fourth-order valence-electron chi connectivity index (χ4n) is 3.94. The van der Waals surface area contributed by atoms with Crippen molar-refractivity contribution in [3.8, 4) is 0 Å². The zero-order chi connectivity index (χ0) is 21.7. The molecule has 0 fully saturated rings. The Hall–Kier alpha value is -1.06. The van der Waals surface area contributed by atoms with Crippen LogP contribution in [0.15, 0.2) is 0 Å². The molecule has 172 valence electrons. The van der Waals surface area contributed by atoms with Gasteiger partial charge >= 0.3 is 11.9 Å². The van der Waals surface area contributed by atoms with E-state index in [0.29, 0.717) is 24.7 Å². The van der Waals surface area contributed by atoms with Gasteiger partial charge in [-0.25, -0.2) is 0 Å². The average Bonchev–Trinajstić information content (AvgIpc) is 2.71. The molecule has 0 heterocycles. The molecule has 1 unspecified atom stereocenters. The smallest absolute Gasteiger partial charge is 0.305 e. The van der Waals surface area contributed by atoms with E-state index in [1.54, 1.807) is 0 Å². The Morgan fingerprint density at radius 3 is 1.34 bits per heavy atom. The van der Waals surface area contributed by atoms with E-state index in [-0.39, 0.29) is 11.9 Å². The third-order valence-electron chi connectivity index (χ3n) is 6.07. The Morgan fingerprint density at radius 2 is 0.931 bits per heavy atom. The summed E-state index contributed by atoms with van der Waals surface area (Å²) in [4.78, 5) is 22.3. The van der Waals surface area contributed by atoms with Crippen LogP contribution in [0.4, 0.5) is 0 Å². The summed E-state index contributed by atoms with van der Waals surface area (Å²) in [6.45, 7) is 4.54. The fraction of sp³-hybridized carbons (Fsp3) is 0.920. The quantitative estimate of drug-likeness (QED) is 0.156. The second-order valence-electron chi connectivity index (χ2n) is 8.83. The molecule has 0 aliphatic carbocycles. The minimum atomic E-state index is -0.0803. The molecule has 0 rings (SSSR count). The molecular formula is C25H48O4. The first-order valence-electron chi connectivity index (χ1n) is 12.1. The van der Waals surface area contributed by atoms with Gasteiger partial charge in [-0.2, -0.15) is 0 Å². The van der Waals surface area contributed by atoms with Gasteiger partial charge in [0, 0.05) is 12.8 Å². The van der Waals surface area contributed by atoms with Crippen LogP contribution in [0.2, 0.25) is 0 Å². The van der Waals surface area contributed by atoms with E-state index in [0.717, 1.165) is 19.3 Å². The van der Waals surface area contributed by atoms with Gasteiger partial charge in [0.1, 0.15) is 0 Å².